The van der Waals surface area contributed by atoms with E-state index in [2.05, 4.69) is 4.74 Å². The lowest BCUT2D eigenvalue weighted by Gasteiger charge is -2.28. The van der Waals surface area contributed by atoms with Crippen molar-refractivity contribution < 1.29 is 32.3 Å². The number of nitrogens with zero attached hydrogens (tertiary/aromatic N) is 2. The minimum Gasteiger partial charge on any atom is -0.465 e. The van der Waals surface area contributed by atoms with Crippen molar-refractivity contribution in [1.82, 2.24) is 4.31 Å². The van der Waals surface area contributed by atoms with E-state index >= 15 is 0 Å². The summed E-state index contributed by atoms with van der Waals surface area (Å²) in [6.07, 6.45) is 0.896. The Hall–Kier alpha value is -2.60. The minimum atomic E-state index is -4.00. The fraction of sp³-hybridized carbons (Fsp3) is 0.381. The monoisotopic (exact) mass is 478 g/mol. The van der Waals surface area contributed by atoms with Gasteiger partial charge < -0.3 is 9.47 Å². The highest BCUT2D eigenvalue weighted by Crippen LogP contribution is 2.32. The molecule has 2 saturated heterocycles. The highest BCUT2D eigenvalue weighted by molar-refractivity contribution is 7.91. The number of thiophene rings is 1. The Kier molecular flexibility index (Phi) is 6.42. The van der Waals surface area contributed by atoms with Crippen molar-refractivity contribution in [1.29, 1.82) is 0 Å². The summed E-state index contributed by atoms with van der Waals surface area (Å²) in [6.45, 7) is 0.535. The van der Waals surface area contributed by atoms with Crippen molar-refractivity contribution in [2.24, 2.45) is 0 Å². The first-order valence-electron chi connectivity index (χ1n) is 10.0. The normalized spacial score (nSPS) is 21.5. The van der Waals surface area contributed by atoms with Gasteiger partial charge >= 0.3 is 5.97 Å². The highest BCUT2D eigenvalue weighted by atomic mass is 32.2. The Morgan fingerprint density at radius 2 is 2.00 bits per heavy atom. The van der Waals surface area contributed by atoms with Gasteiger partial charge in [-0.25, -0.2) is 18.1 Å². The molecule has 0 spiro atoms. The standard InChI is InChI=1S/C21H22N2O7S2/c1-29-21(26)14-6-8-15(9-7-14)23-18(24)12-17(20(23)25)22(13-16-4-2-10-30-16)32(27,28)19-5-3-11-31-19/h3,5-9,11,16-17H,2,4,10,12-13H2,1H3. The lowest BCUT2D eigenvalue weighted by atomic mass is 10.2. The van der Waals surface area contributed by atoms with E-state index in [0.29, 0.717) is 13.0 Å². The first-order chi connectivity index (χ1) is 15.3. The molecule has 4 rings (SSSR count). The number of sulfonamides is 1. The Morgan fingerprint density at radius 3 is 2.59 bits per heavy atom. The molecule has 0 bridgehead atoms. The van der Waals surface area contributed by atoms with Gasteiger partial charge in [-0.2, -0.15) is 4.31 Å². The molecule has 2 aliphatic rings. The van der Waals surface area contributed by atoms with Gasteiger partial charge in [-0.15, -0.1) is 11.3 Å². The molecule has 32 heavy (non-hydrogen) atoms. The summed E-state index contributed by atoms with van der Waals surface area (Å²) < 4.78 is 38.2. The quantitative estimate of drug-likeness (QED) is 0.442. The third-order valence-electron chi connectivity index (χ3n) is 5.48. The number of hydrogen-bond donors (Lipinski definition) is 0. The molecular weight excluding hydrogens is 456 g/mol. The molecule has 11 heteroatoms. The second-order valence-electron chi connectivity index (χ2n) is 7.47. The lowest BCUT2D eigenvalue weighted by Crippen LogP contribution is -2.48. The Labute approximate surface area is 189 Å². The first kappa shape index (κ1) is 22.6. The van der Waals surface area contributed by atoms with Crippen LogP contribution < -0.4 is 4.90 Å². The summed E-state index contributed by atoms with van der Waals surface area (Å²) in [5.41, 5.74) is 0.535. The van der Waals surface area contributed by atoms with E-state index in [1.54, 1.807) is 11.4 Å². The van der Waals surface area contributed by atoms with Crippen molar-refractivity contribution in [2.75, 3.05) is 25.2 Å². The second kappa shape index (κ2) is 9.10. The molecule has 1 aromatic carbocycles. The molecule has 2 atom stereocenters. The zero-order valence-electron chi connectivity index (χ0n) is 17.3. The van der Waals surface area contributed by atoms with E-state index in [4.69, 9.17) is 4.74 Å². The fourth-order valence-corrected chi connectivity index (χ4v) is 6.62. The topological polar surface area (TPSA) is 110 Å². The van der Waals surface area contributed by atoms with Gasteiger partial charge in [0, 0.05) is 13.2 Å². The van der Waals surface area contributed by atoms with Crippen LogP contribution in [0.1, 0.15) is 29.6 Å². The van der Waals surface area contributed by atoms with Crippen LogP contribution >= 0.6 is 11.3 Å². The van der Waals surface area contributed by atoms with Crippen LogP contribution in [0.5, 0.6) is 0 Å². The number of carbonyl (C=O) groups is 3. The van der Waals surface area contributed by atoms with E-state index in [1.807, 2.05) is 0 Å². The largest absolute Gasteiger partial charge is 0.465 e. The van der Waals surface area contributed by atoms with E-state index in [9.17, 15) is 22.8 Å². The molecule has 0 N–H and O–H groups in total. The lowest BCUT2D eigenvalue weighted by molar-refractivity contribution is -0.122. The highest BCUT2D eigenvalue weighted by Gasteiger charge is 2.48. The summed E-state index contributed by atoms with van der Waals surface area (Å²) in [4.78, 5) is 38.7. The number of methoxy groups -OCH3 is 1. The minimum absolute atomic E-state index is 0.000954. The molecule has 1 aromatic heterocycles. The van der Waals surface area contributed by atoms with Crippen molar-refractivity contribution in [3.63, 3.8) is 0 Å². The molecular formula is C21H22N2O7S2. The second-order valence-corrected chi connectivity index (χ2v) is 10.5. The van der Waals surface area contributed by atoms with Gasteiger partial charge in [-0.05, 0) is 48.6 Å². The Balaban J connectivity index is 1.64. The third-order valence-corrected chi connectivity index (χ3v) is 8.73. The van der Waals surface area contributed by atoms with E-state index in [1.165, 1.54) is 37.4 Å². The number of benzene rings is 1. The van der Waals surface area contributed by atoms with Crippen LogP contribution in [0, 0.1) is 0 Å². The number of amides is 2. The summed E-state index contributed by atoms with van der Waals surface area (Å²) in [5.74, 6) is -1.68. The molecule has 0 radical (unpaired) electrons. The molecule has 2 unspecified atom stereocenters. The van der Waals surface area contributed by atoms with Gasteiger partial charge in [-0.1, -0.05) is 6.07 Å². The molecule has 2 aromatic rings. The van der Waals surface area contributed by atoms with Crippen molar-refractivity contribution in [3.8, 4) is 0 Å². The Bertz CT molecular complexity index is 1110. The van der Waals surface area contributed by atoms with E-state index in [0.717, 1.165) is 27.0 Å². The van der Waals surface area contributed by atoms with Gasteiger partial charge in [0.25, 0.3) is 15.9 Å². The van der Waals surface area contributed by atoms with Crippen LogP contribution in [0.3, 0.4) is 0 Å². The number of anilines is 1. The number of imide groups is 1. The number of esters is 1. The zero-order valence-corrected chi connectivity index (χ0v) is 18.9. The average molecular weight is 479 g/mol. The summed E-state index contributed by atoms with van der Waals surface area (Å²) in [7, 11) is -2.75. The third kappa shape index (κ3) is 4.20. The van der Waals surface area contributed by atoms with E-state index in [-0.39, 0.29) is 34.5 Å². The van der Waals surface area contributed by atoms with Gasteiger partial charge in [0.15, 0.2) is 0 Å². The molecule has 2 aliphatic heterocycles. The van der Waals surface area contributed by atoms with Crippen LogP contribution in [-0.2, 0) is 29.1 Å². The SMILES string of the molecule is COC(=O)c1ccc(N2C(=O)CC(N(CC3CCCO3)S(=O)(=O)c3cccs3)C2=O)cc1. The van der Waals surface area contributed by atoms with Crippen LogP contribution in [0.2, 0.25) is 0 Å². The average Bonchev–Trinajstić information content (AvgIpc) is 3.54. The molecule has 0 aliphatic carbocycles. The molecule has 170 valence electrons. The van der Waals surface area contributed by atoms with Crippen LogP contribution in [-0.4, -0.2) is 62.9 Å². The molecule has 0 saturated carbocycles. The maximum Gasteiger partial charge on any atom is 0.337 e. The predicted molar refractivity (Wildman–Crippen MR) is 116 cm³/mol. The number of hydrogen-bond acceptors (Lipinski definition) is 8. The van der Waals surface area contributed by atoms with Gasteiger partial charge in [0.2, 0.25) is 5.91 Å². The first-order valence-corrected chi connectivity index (χ1v) is 12.4. The van der Waals surface area contributed by atoms with Gasteiger partial charge in [-0.3, -0.25) is 9.59 Å². The molecule has 9 nitrogen and oxygen atoms in total. The number of carbonyl (C=O) groups excluding carboxylic acids is 3. The summed E-state index contributed by atoms with van der Waals surface area (Å²) >= 11 is 1.06. The van der Waals surface area contributed by atoms with Crippen molar-refractivity contribution in [3.05, 3.63) is 47.3 Å². The maximum absolute atomic E-state index is 13.4. The zero-order chi connectivity index (χ0) is 22.9. The van der Waals surface area contributed by atoms with Crippen molar-refractivity contribution in [2.45, 2.75) is 35.6 Å². The molecule has 3 heterocycles. The molecule has 2 amide bonds. The van der Waals surface area contributed by atoms with Crippen molar-refractivity contribution >= 4 is 44.8 Å². The smallest absolute Gasteiger partial charge is 0.337 e. The summed E-state index contributed by atoms with van der Waals surface area (Å²) in [5, 5.41) is 1.65. The van der Waals surface area contributed by atoms with Crippen LogP contribution in [0.15, 0.2) is 46.0 Å². The molecule has 2 fully saturated rings. The maximum atomic E-state index is 13.4. The summed E-state index contributed by atoms with van der Waals surface area (Å²) in [6, 6.07) is 7.75. The predicted octanol–water partition coefficient (Wildman–Crippen LogP) is 2.04. The van der Waals surface area contributed by atoms with Gasteiger partial charge in [0.05, 0.1) is 30.9 Å². The number of ether oxygens (including phenoxy) is 2. The fourth-order valence-electron chi connectivity index (χ4n) is 3.88. The van der Waals surface area contributed by atoms with Crippen LogP contribution in [0.25, 0.3) is 0 Å². The van der Waals surface area contributed by atoms with Crippen LogP contribution in [0.4, 0.5) is 5.69 Å². The Morgan fingerprint density at radius 1 is 1.25 bits per heavy atom. The van der Waals surface area contributed by atoms with Gasteiger partial charge in [0.1, 0.15) is 10.3 Å². The van der Waals surface area contributed by atoms with E-state index < -0.39 is 33.8 Å². The number of rotatable bonds is 7.